The number of carboxylic acids is 1. The molecule has 0 radical (unpaired) electrons. The predicted molar refractivity (Wildman–Crippen MR) is 73.4 cm³/mol. The summed E-state index contributed by atoms with van der Waals surface area (Å²) < 4.78 is 10.6. The van der Waals surface area contributed by atoms with Gasteiger partial charge in [0.25, 0.3) is 0 Å². The summed E-state index contributed by atoms with van der Waals surface area (Å²) in [6, 6.07) is 5.25. The lowest BCUT2D eigenvalue weighted by Gasteiger charge is -2.08. The third-order valence-corrected chi connectivity index (χ3v) is 3.39. The van der Waals surface area contributed by atoms with Crippen LogP contribution in [-0.2, 0) is 6.42 Å². The molecule has 0 aliphatic carbocycles. The molecule has 1 aliphatic rings. The van der Waals surface area contributed by atoms with Crippen molar-refractivity contribution < 1.29 is 19.4 Å². The Balaban J connectivity index is 2.14. The van der Waals surface area contributed by atoms with E-state index in [1.54, 1.807) is 18.2 Å². The van der Waals surface area contributed by atoms with E-state index in [0.717, 1.165) is 23.7 Å². The van der Waals surface area contributed by atoms with E-state index in [0.29, 0.717) is 23.6 Å². The van der Waals surface area contributed by atoms with Crippen molar-refractivity contribution in [2.24, 2.45) is 0 Å². The first kappa shape index (κ1) is 12.7. The molecule has 5 nitrogen and oxygen atoms in total. The fourth-order valence-corrected chi connectivity index (χ4v) is 2.32. The fourth-order valence-electron chi connectivity index (χ4n) is 2.32. The number of aromatic carboxylic acids is 1. The normalized spacial score (nSPS) is 12.8. The number of carbonyl (C=O) groups is 1. The Hall–Kier alpha value is -2.30. The molecule has 1 aromatic heterocycles. The van der Waals surface area contributed by atoms with E-state index >= 15 is 0 Å². The fraction of sp³-hybridized carbons (Fsp3) is 0.333. The first-order chi connectivity index (χ1) is 9.69. The van der Waals surface area contributed by atoms with E-state index in [-0.39, 0.29) is 12.4 Å². The first-order valence-electron chi connectivity index (χ1n) is 6.65. The number of nitrogens with zero attached hydrogens (tertiary/aromatic N) is 1. The average molecular weight is 273 g/mol. The highest BCUT2D eigenvalue weighted by Crippen LogP contribution is 2.36. The van der Waals surface area contributed by atoms with Gasteiger partial charge in [-0.3, -0.25) is 4.98 Å². The van der Waals surface area contributed by atoms with Gasteiger partial charge in [0, 0.05) is 11.5 Å². The van der Waals surface area contributed by atoms with E-state index in [4.69, 9.17) is 9.47 Å². The van der Waals surface area contributed by atoms with Gasteiger partial charge in [-0.25, -0.2) is 4.79 Å². The van der Waals surface area contributed by atoms with Crippen LogP contribution >= 0.6 is 0 Å². The summed E-state index contributed by atoms with van der Waals surface area (Å²) in [6.07, 6.45) is 2.59. The van der Waals surface area contributed by atoms with Gasteiger partial charge in [0.2, 0.25) is 6.79 Å². The summed E-state index contributed by atoms with van der Waals surface area (Å²) >= 11 is 0. The van der Waals surface area contributed by atoms with Gasteiger partial charge in [0.15, 0.2) is 11.5 Å². The quantitative estimate of drug-likeness (QED) is 0.927. The molecule has 2 aromatic rings. The maximum Gasteiger partial charge on any atom is 0.337 e. The van der Waals surface area contributed by atoms with Crippen molar-refractivity contribution in [1.82, 2.24) is 4.98 Å². The van der Waals surface area contributed by atoms with Gasteiger partial charge in [-0.2, -0.15) is 0 Å². The number of aromatic nitrogens is 1. The second-order valence-electron chi connectivity index (χ2n) is 4.79. The number of aryl methyl sites for hydroxylation is 1. The van der Waals surface area contributed by atoms with Crippen LogP contribution in [0.2, 0.25) is 0 Å². The second kappa shape index (κ2) is 5.00. The number of fused-ring (bicyclic) bond motifs is 2. The first-order valence-corrected chi connectivity index (χ1v) is 6.65. The molecule has 0 fully saturated rings. The summed E-state index contributed by atoms with van der Waals surface area (Å²) in [4.78, 5) is 15.9. The van der Waals surface area contributed by atoms with Crippen LogP contribution in [0.15, 0.2) is 18.2 Å². The van der Waals surface area contributed by atoms with Gasteiger partial charge < -0.3 is 14.6 Å². The molecule has 1 aromatic carbocycles. The van der Waals surface area contributed by atoms with Crippen LogP contribution in [-0.4, -0.2) is 22.9 Å². The van der Waals surface area contributed by atoms with Crippen molar-refractivity contribution in [2.75, 3.05) is 6.79 Å². The molecular formula is C15H15NO4. The molecule has 0 spiro atoms. The lowest BCUT2D eigenvalue weighted by Crippen LogP contribution is -2.05. The number of hydrogen-bond acceptors (Lipinski definition) is 4. The summed E-state index contributed by atoms with van der Waals surface area (Å²) in [5.74, 6) is 0.356. The molecule has 20 heavy (non-hydrogen) atoms. The Morgan fingerprint density at radius 3 is 2.75 bits per heavy atom. The van der Waals surface area contributed by atoms with Crippen LogP contribution in [0.3, 0.4) is 0 Å². The van der Waals surface area contributed by atoms with Gasteiger partial charge in [0.05, 0.1) is 16.8 Å². The highest BCUT2D eigenvalue weighted by Gasteiger charge is 2.18. The monoisotopic (exact) mass is 273 g/mol. The Bertz CT molecular complexity index is 681. The van der Waals surface area contributed by atoms with E-state index in [2.05, 4.69) is 11.9 Å². The SMILES string of the molecule is CCCCc1nc2cc3c(cc2cc1C(=O)O)OCO3. The third-order valence-electron chi connectivity index (χ3n) is 3.39. The van der Waals surface area contributed by atoms with Crippen molar-refractivity contribution >= 4 is 16.9 Å². The molecule has 0 bridgehead atoms. The average Bonchev–Trinajstić information content (AvgIpc) is 2.88. The number of unbranched alkanes of at least 4 members (excludes halogenated alkanes) is 1. The van der Waals surface area contributed by atoms with Crippen LogP contribution in [0.1, 0.15) is 35.8 Å². The topological polar surface area (TPSA) is 68.7 Å². The van der Waals surface area contributed by atoms with Crippen LogP contribution in [0, 0.1) is 0 Å². The molecule has 3 rings (SSSR count). The lowest BCUT2D eigenvalue weighted by atomic mass is 10.0. The number of benzene rings is 1. The number of ether oxygens (including phenoxy) is 2. The van der Waals surface area contributed by atoms with Crippen LogP contribution < -0.4 is 9.47 Å². The largest absolute Gasteiger partial charge is 0.478 e. The van der Waals surface area contributed by atoms with Gasteiger partial charge in [-0.1, -0.05) is 13.3 Å². The van der Waals surface area contributed by atoms with E-state index in [9.17, 15) is 9.90 Å². The maximum atomic E-state index is 11.4. The Morgan fingerprint density at radius 1 is 1.30 bits per heavy atom. The zero-order chi connectivity index (χ0) is 14.1. The molecule has 0 atom stereocenters. The highest BCUT2D eigenvalue weighted by molar-refractivity contribution is 5.95. The van der Waals surface area contributed by atoms with Crippen molar-refractivity contribution in [1.29, 1.82) is 0 Å². The van der Waals surface area contributed by atoms with Crippen molar-refractivity contribution in [3.8, 4) is 11.5 Å². The standard InChI is InChI=1S/C15H15NO4/c1-2-3-4-11-10(15(17)18)5-9-6-13-14(20-8-19-13)7-12(9)16-11/h5-7H,2-4,8H2,1H3,(H,17,18). The minimum atomic E-state index is -0.942. The number of hydrogen-bond donors (Lipinski definition) is 1. The van der Waals surface area contributed by atoms with Gasteiger partial charge in [-0.05, 0) is 25.0 Å². The molecule has 0 saturated heterocycles. The zero-order valence-electron chi connectivity index (χ0n) is 11.2. The summed E-state index contributed by atoms with van der Waals surface area (Å²) in [5.41, 5.74) is 1.64. The molecule has 0 saturated carbocycles. The van der Waals surface area contributed by atoms with Gasteiger partial charge >= 0.3 is 5.97 Å². The molecule has 1 aliphatic heterocycles. The summed E-state index contributed by atoms with van der Waals surface area (Å²) in [5, 5.41) is 10.1. The lowest BCUT2D eigenvalue weighted by molar-refractivity contribution is 0.0695. The van der Waals surface area contributed by atoms with Crippen molar-refractivity contribution in [3.05, 3.63) is 29.5 Å². The van der Waals surface area contributed by atoms with Crippen molar-refractivity contribution in [3.63, 3.8) is 0 Å². The second-order valence-corrected chi connectivity index (χ2v) is 4.79. The van der Waals surface area contributed by atoms with Crippen LogP contribution in [0.4, 0.5) is 0 Å². The molecular weight excluding hydrogens is 258 g/mol. The highest BCUT2D eigenvalue weighted by atomic mass is 16.7. The van der Waals surface area contributed by atoms with Crippen LogP contribution in [0.5, 0.6) is 11.5 Å². The maximum absolute atomic E-state index is 11.4. The van der Waals surface area contributed by atoms with E-state index in [1.165, 1.54) is 0 Å². The minimum Gasteiger partial charge on any atom is -0.478 e. The zero-order valence-corrected chi connectivity index (χ0v) is 11.2. The van der Waals surface area contributed by atoms with Gasteiger partial charge in [0.1, 0.15) is 0 Å². The summed E-state index contributed by atoms with van der Waals surface area (Å²) in [7, 11) is 0. The Labute approximate surface area is 116 Å². The molecule has 0 amide bonds. The number of pyridine rings is 1. The number of carboxylic acid groups (broad SMARTS) is 1. The molecule has 0 unspecified atom stereocenters. The van der Waals surface area contributed by atoms with Gasteiger partial charge in [-0.15, -0.1) is 0 Å². The smallest absolute Gasteiger partial charge is 0.337 e. The Morgan fingerprint density at radius 2 is 2.05 bits per heavy atom. The molecule has 104 valence electrons. The third kappa shape index (κ3) is 2.15. The summed E-state index contributed by atoms with van der Waals surface area (Å²) in [6.45, 7) is 2.26. The van der Waals surface area contributed by atoms with E-state index < -0.39 is 5.97 Å². The van der Waals surface area contributed by atoms with E-state index in [1.807, 2.05) is 0 Å². The molecule has 2 heterocycles. The minimum absolute atomic E-state index is 0.195. The number of rotatable bonds is 4. The van der Waals surface area contributed by atoms with Crippen LogP contribution in [0.25, 0.3) is 10.9 Å². The Kier molecular flexibility index (Phi) is 3.18. The predicted octanol–water partition coefficient (Wildman–Crippen LogP) is 3.00. The van der Waals surface area contributed by atoms with Crippen molar-refractivity contribution in [2.45, 2.75) is 26.2 Å². The molecule has 1 N–H and O–H groups in total. The molecule has 5 heteroatoms.